The minimum absolute atomic E-state index is 0.355. The highest BCUT2D eigenvalue weighted by atomic mass is 16.5. The van der Waals surface area contributed by atoms with Gasteiger partial charge in [-0.05, 0) is 44.1 Å². The van der Waals surface area contributed by atoms with Crippen molar-refractivity contribution < 1.29 is 9.47 Å². The smallest absolute Gasteiger partial charge is 0.0754 e. The largest absolute Gasteiger partial charge is 0.385 e. The molecule has 1 saturated carbocycles. The number of methoxy groups -OCH3 is 2. The Kier molecular flexibility index (Phi) is 9.49. The van der Waals surface area contributed by atoms with Crippen molar-refractivity contribution >= 4 is 0 Å². The zero-order chi connectivity index (χ0) is 14.8. The van der Waals surface area contributed by atoms with E-state index in [9.17, 15) is 0 Å². The van der Waals surface area contributed by atoms with Gasteiger partial charge in [-0.25, -0.2) is 0 Å². The zero-order valence-electron chi connectivity index (χ0n) is 14.0. The standard InChI is InChI=1S/C17H35NO2/c1-5-12-18-16(14(2)11-13-19-3)17(20-4)15-9-7-6-8-10-15/h14-18H,5-13H2,1-4H3. The maximum absolute atomic E-state index is 5.95. The fraction of sp³-hybridized carbons (Fsp3) is 1.00. The van der Waals surface area contributed by atoms with Crippen LogP contribution in [0, 0.1) is 11.8 Å². The Labute approximate surface area is 125 Å². The quantitative estimate of drug-likeness (QED) is 0.665. The Morgan fingerprint density at radius 2 is 1.85 bits per heavy atom. The van der Waals surface area contributed by atoms with Crippen LogP contribution in [-0.2, 0) is 9.47 Å². The summed E-state index contributed by atoms with van der Waals surface area (Å²) in [5.74, 6) is 1.32. The molecule has 0 aromatic heterocycles. The second-order valence-electron chi connectivity index (χ2n) is 6.34. The summed E-state index contributed by atoms with van der Waals surface area (Å²) in [4.78, 5) is 0. The minimum atomic E-state index is 0.355. The van der Waals surface area contributed by atoms with Gasteiger partial charge >= 0.3 is 0 Å². The molecule has 1 aliphatic rings. The summed E-state index contributed by atoms with van der Waals surface area (Å²) in [7, 11) is 3.68. The molecule has 1 aliphatic carbocycles. The van der Waals surface area contributed by atoms with Gasteiger partial charge in [-0.1, -0.05) is 33.1 Å². The molecule has 1 fully saturated rings. The highest BCUT2D eigenvalue weighted by Gasteiger charge is 2.33. The van der Waals surface area contributed by atoms with Gasteiger partial charge in [0.2, 0.25) is 0 Å². The molecule has 3 unspecified atom stereocenters. The molecule has 0 aromatic rings. The van der Waals surface area contributed by atoms with E-state index in [1.54, 1.807) is 7.11 Å². The molecular weight excluding hydrogens is 250 g/mol. The topological polar surface area (TPSA) is 30.5 Å². The van der Waals surface area contributed by atoms with Gasteiger partial charge in [0.15, 0.2) is 0 Å². The van der Waals surface area contributed by atoms with Crippen molar-refractivity contribution in [2.75, 3.05) is 27.4 Å². The Morgan fingerprint density at radius 1 is 1.15 bits per heavy atom. The van der Waals surface area contributed by atoms with E-state index >= 15 is 0 Å². The van der Waals surface area contributed by atoms with E-state index in [-0.39, 0.29) is 0 Å². The van der Waals surface area contributed by atoms with Gasteiger partial charge < -0.3 is 14.8 Å². The number of ether oxygens (including phenoxy) is 2. The SMILES string of the molecule is CCCNC(C(C)CCOC)C(OC)C1CCCCC1. The molecule has 1 N–H and O–H groups in total. The molecule has 0 aromatic carbocycles. The average molecular weight is 285 g/mol. The molecule has 1 rings (SSSR count). The van der Waals surface area contributed by atoms with E-state index in [1.165, 1.54) is 38.5 Å². The van der Waals surface area contributed by atoms with Gasteiger partial charge in [0.25, 0.3) is 0 Å². The van der Waals surface area contributed by atoms with Crippen molar-refractivity contribution in [1.82, 2.24) is 5.32 Å². The number of hydrogen-bond donors (Lipinski definition) is 1. The van der Waals surface area contributed by atoms with Crippen molar-refractivity contribution in [3.63, 3.8) is 0 Å². The molecule has 0 heterocycles. The van der Waals surface area contributed by atoms with Crippen LogP contribution in [0.15, 0.2) is 0 Å². The lowest BCUT2D eigenvalue weighted by Crippen LogP contribution is -2.49. The molecule has 0 spiro atoms. The van der Waals surface area contributed by atoms with Crippen molar-refractivity contribution in [1.29, 1.82) is 0 Å². The first-order valence-electron chi connectivity index (χ1n) is 8.49. The molecule has 20 heavy (non-hydrogen) atoms. The Hall–Kier alpha value is -0.120. The lowest BCUT2D eigenvalue weighted by Gasteiger charge is -2.38. The third kappa shape index (κ3) is 5.71. The summed E-state index contributed by atoms with van der Waals surface area (Å²) in [6, 6.07) is 0.457. The highest BCUT2D eigenvalue weighted by Crippen LogP contribution is 2.31. The summed E-state index contributed by atoms with van der Waals surface area (Å²) < 4.78 is 11.2. The maximum Gasteiger partial charge on any atom is 0.0754 e. The second-order valence-corrected chi connectivity index (χ2v) is 6.34. The van der Waals surface area contributed by atoms with Crippen LogP contribution in [0.3, 0.4) is 0 Å². The van der Waals surface area contributed by atoms with Crippen LogP contribution in [-0.4, -0.2) is 39.5 Å². The number of nitrogens with one attached hydrogen (secondary N) is 1. The molecule has 3 heteroatoms. The van der Waals surface area contributed by atoms with Crippen molar-refractivity contribution in [2.45, 2.75) is 70.9 Å². The summed E-state index contributed by atoms with van der Waals surface area (Å²) >= 11 is 0. The Bertz CT molecular complexity index is 229. The molecule has 0 amide bonds. The fourth-order valence-corrected chi connectivity index (χ4v) is 3.53. The van der Waals surface area contributed by atoms with E-state index < -0.39 is 0 Å². The van der Waals surface area contributed by atoms with Crippen LogP contribution in [0.25, 0.3) is 0 Å². The predicted octanol–water partition coefficient (Wildman–Crippen LogP) is 3.62. The molecule has 0 saturated heterocycles. The maximum atomic E-state index is 5.95. The van der Waals surface area contributed by atoms with Gasteiger partial charge in [0, 0.05) is 26.9 Å². The minimum Gasteiger partial charge on any atom is -0.385 e. The molecule has 120 valence electrons. The fourth-order valence-electron chi connectivity index (χ4n) is 3.53. The number of hydrogen-bond acceptors (Lipinski definition) is 3. The molecular formula is C17H35NO2. The molecule has 3 atom stereocenters. The van der Waals surface area contributed by atoms with Crippen LogP contribution in [0.2, 0.25) is 0 Å². The second kappa shape index (κ2) is 10.6. The van der Waals surface area contributed by atoms with Crippen molar-refractivity contribution in [2.24, 2.45) is 11.8 Å². The first kappa shape index (κ1) is 17.9. The third-order valence-electron chi connectivity index (χ3n) is 4.76. The monoisotopic (exact) mass is 285 g/mol. The zero-order valence-corrected chi connectivity index (χ0v) is 14.0. The van der Waals surface area contributed by atoms with Gasteiger partial charge in [-0.2, -0.15) is 0 Å². The van der Waals surface area contributed by atoms with Crippen LogP contribution >= 0.6 is 0 Å². The van der Waals surface area contributed by atoms with Crippen LogP contribution < -0.4 is 5.32 Å². The third-order valence-corrected chi connectivity index (χ3v) is 4.76. The molecule has 3 nitrogen and oxygen atoms in total. The van der Waals surface area contributed by atoms with E-state index in [0.29, 0.717) is 18.1 Å². The van der Waals surface area contributed by atoms with Crippen LogP contribution in [0.1, 0.15) is 58.8 Å². The van der Waals surface area contributed by atoms with Crippen LogP contribution in [0.4, 0.5) is 0 Å². The van der Waals surface area contributed by atoms with Gasteiger partial charge in [0.1, 0.15) is 0 Å². The van der Waals surface area contributed by atoms with Crippen molar-refractivity contribution in [3.8, 4) is 0 Å². The lowest BCUT2D eigenvalue weighted by atomic mass is 9.79. The van der Waals surface area contributed by atoms with Gasteiger partial charge in [-0.3, -0.25) is 0 Å². The number of rotatable bonds is 10. The van der Waals surface area contributed by atoms with Crippen molar-refractivity contribution in [3.05, 3.63) is 0 Å². The highest BCUT2D eigenvalue weighted by molar-refractivity contribution is 4.88. The first-order valence-corrected chi connectivity index (χ1v) is 8.49. The van der Waals surface area contributed by atoms with Gasteiger partial charge in [0.05, 0.1) is 6.10 Å². The summed E-state index contributed by atoms with van der Waals surface area (Å²) in [6.07, 6.45) is 9.45. The summed E-state index contributed by atoms with van der Waals surface area (Å²) in [5, 5.41) is 3.75. The van der Waals surface area contributed by atoms with Crippen LogP contribution in [0.5, 0.6) is 0 Å². The lowest BCUT2D eigenvalue weighted by molar-refractivity contribution is -0.00931. The Balaban J connectivity index is 2.65. The normalized spacial score (nSPS) is 21.6. The van der Waals surface area contributed by atoms with E-state index in [1.807, 2.05) is 7.11 Å². The van der Waals surface area contributed by atoms with E-state index in [4.69, 9.17) is 9.47 Å². The summed E-state index contributed by atoms with van der Waals surface area (Å²) in [5.41, 5.74) is 0. The van der Waals surface area contributed by atoms with E-state index in [0.717, 1.165) is 25.5 Å². The predicted molar refractivity (Wildman–Crippen MR) is 85.1 cm³/mol. The molecule has 0 radical (unpaired) electrons. The first-order chi connectivity index (χ1) is 9.74. The average Bonchev–Trinajstić information content (AvgIpc) is 2.50. The van der Waals surface area contributed by atoms with E-state index in [2.05, 4.69) is 19.2 Å². The van der Waals surface area contributed by atoms with Gasteiger partial charge in [-0.15, -0.1) is 0 Å². The summed E-state index contributed by atoms with van der Waals surface area (Å²) in [6.45, 7) is 6.48. The molecule has 0 bridgehead atoms. The molecule has 0 aliphatic heterocycles. The Morgan fingerprint density at radius 3 is 2.40 bits per heavy atom.